The first-order chi connectivity index (χ1) is 6.15. The van der Waals surface area contributed by atoms with Crippen LogP contribution in [0.5, 0.6) is 0 Å². The fraction of sp³-hybridized carbons (Fsp3) is 0.444. The highest BCUT2D eigenvalue weighted by molar-refractivity contribution is 7.71. The summed E-state index contributed by atoms with van der Waals surface area (Å²) in [7, 11) is 1.97. The molecule has 1 heterocycles. The quantitative estimate of drug-likeness (QED) is 0.583. The predicted octanol–water partition coefficient (Wildman–Crippen LogP) is 1.46. The second-order valence-corrected chi connectivity index (χ2v) is 3.36. The monoisotopic (exact) mass is 195 g/mol. The van der Waals surface area contributed by atoms with Crippen molar-refractivity contribution in [3.05, 3.63) is 17.2 Å². The molecule has 0 aliphatic carbocycles. The molecule has 0 saturated heterocycles. The molecule has 0 aromatic carbocycles. The zero-order chi connectivity index (χ0) is 9.84. The van der Waals surface area contributed by atoms with E-state index in [0.717, 1.165) is 4.77 Å². The number of imidazole rings is 1. The van der Waals surface area contributed by atoms with Crippen LogP contribution in [0.2, 0.25) is 0 Å². The molecule has 1 unspecified atom stereocenters. The molecule has 1 N–H and O–H groups in total. The Morgan fingerprint density at radius 3 is 3.00 bits per heavy atom. The van der Waals surface area contributed by atoms with Crippen LogP contribution in [-0.4, -0.2) is 27.5 Å². The Labute approximate surface area is 83.4 Å². The highest BCUT2D eigenvalue weighted by Gasteiger charge is 2.05. The summed E-state index contributed by atoms with van der Waals surface area (Å²) in [6.07, 6.45) is 9.03. The summed E-state index contributed by atoms with van der Waals surface area (Å²) in [5, 5.41) is 0. The second kappa shape index (κ2) is 4.26. The first-order valence-electron chi connectivity index (χ1n) is 4.05. The van der Waals surface area contributed by atoms with Crippen LogP contribution in [0, 0.1) is 17.1 Å². The number of hydrogen-bond acceptors (Lipinski definition) is 2. The Balaban J connectivity index is 2.66. The minimum absolute atomic E-state index is 0.122. The Hall–Kier alpha value is -1.05. The number of H-pyrrole nitrogens is 1. The fourth-order valence-corrected chi connectivity index (χ4v) is 1.14. The van der Waals surface area contributed by atoms with Gasteiger partial charge in [0, 0.05) is 12.4 Å². The Morgan fingerprint density at radius 1 is 1.85 bits per heavy atom. The van der Waals surface area contributed by atoms with E-state index in [1.54, 1.807) is 0 Å². The minimum atomic E-state index is 0.122. The molecule has 1 aromatic rings. The summed E-state index contributed by atoms with van der Waals surface area (Å²) < 4.78 is 2.65. The van der Waals surface area contributed by atoms with Gasteiger partial charge in [0.05, 0.1) is 12.7 Å². The third kappa shape index (κ3) is 2.44. The van der Waals surface area contributed by atoms with Crippen molar-refractivity contribution in [2.75, 3.05) is 7.05 Å². The highest BCUT2D eigenvalue weighted by Crippen LogP contribution is 1.98. The summed E-state index contributed by atoms with van der Waals surface area (Å²) >= 11 is 5.06. The molecular formula is C9H13N3S. The van der Waals surface area contributed by atoms with Crippen molar-refractivity contribution in [3.63, 3.8) is 0 Å². The maximum Gasteiger partial charge on any atom is 0.178 e. The van der Waals surface area contributed by atoms with Crippen molar-refractivity contribution >= 4 is 12.2 Å². The minimum Gasteiger partial charge on any atom is -0.337 e. The maximum atomic E-state index is 5.31. The van der Waals surface area contributed by atoms with E-state index in [-0.39, 0.29) is 6.04 Å². The lowest BCUT2D eigenvalue weighted by atomic mass is 10.3. The largest absolute Gasteiger partial charge is 0.337 e. The summed E-state index contributed by atoms with van der Waals surface area (Å²) in [5.74, 6) is 2.66. The molecule has 0 aliphatic heterocycles. The van der Waals surface area contributed by atoms with E-state index in [1.165, 1.54) is 0 Å². The predicted molar refractivity (Wildman–Crippen MR) is 55.7 cm³/mol. The van der Waals surface area contributed by atoms with Crippen molar-refractivity contribution in [1.82, 2.24) is 14.5 Å². The van der Waals surface area contributed by atoms with E-state index < -0.39 is 0 Å². The number of terminal acetylenes is 1. The molecule has 70 valence electrons. The first kappa shape index (κ1) is 10.0. The number of aromatic nitrogens is 2. The molecule has 1 rings (SSSR count). The summed E-state index contributed by atoms with van der Waals surface area (Å²) in [6.45, 7) is 2.70. The maximum absolute atomic E-state index is 5.31. The molecule has 0 radical (unpaired) electrons. The molecule has 0 fully saturated rings. The van der Waals surface area contributed by atoms with E-state index in [2.05, 4.69) is 10.9 Å². The lowest BCUT2D eigenvalue weighted by molar-refractivity contribution is 0.241. The average Bonchev–Trinajstić information content (AvgIpc) is 2.50. The van der Waals surface area contributed by atoms with Gasteiger partial charge in [0.1, 0.15) is 0 Å². The van der Waals surface area contributed by atoms with E-state index in [1.807, 2.05) is 35.8 Å². The van der Waals surface area contributed by atoms with Gasteiger partial charge in [-0.2, -0.15) is 0 Å². The van der Waals surface area contributed by atoms with Crippen molar-refractivity contribution < 1.29 is 0 Å². The zero-order valence-electron chi connectivity index (χ0n) is 7.82. The molecule has 1 aromatic heterocycles. The van der Waals surface area contributed by atoms with Crippen LogP contribution in [0.15, 0.2) is 12.4 Å². The number of aromatic amines is 1. The highest BCUT2D eigenvalue weighted by atomic mass is 32.1. The topological polar surface area (TPSA) is 24.0 Å². The van der Waals surface area contributed by atoms with Gasteiger partial charge < -0.3 is 9.55 Å². The lowest BCUT2D eigenvalue weighted by Crippen LogP contribution is -2.29. The van der Waals surface area contributed by atoms with E-state index in [4.69, 9.17) is 18.6 Å². The summed E-state index contributed by atoms with van der Waals surface area (Å²) in [5.41, 5.74) is 0. The van der Waals surface area contributed by atoms with Crippen molar-refractivity contribution in [2.45, 2.75) is 19.6 Å². The van der Waals surface area contributed by atoms with Gasteiger partial charge in [-0.3, -0.25) is 4.90 Å². The van der Waals surface area contributed by atoms with Crippen LogP contribution in [0.1, 0.15) is 6.92 Å². The van der Waals surface area contributed by atoms with Crippen LogP contribution < -0.4 is 0 Å². The SMILES string of the molecule is C#CC(C)N(C)Cn1cc[nH]c1=S. The van der Waals surface area contributed by atoms with Gasteiger partial charge in [-0.25, -0.2) is 0 Å². The Morgan fingerprint density at radius 2 is 2.54 bits per heavy atom. The summed E-state index contributed by atoms with van der Waals surface area (Å²) in [6, 6.07) is 0.122. The number of rotatable bonds is 3. The van der Waals surface area contributed by atoms with Crippen molar-refractivity contribution in [2.24, 2.45) is 0 Å². The number of nitrogens with zero attached hydrogens (tertiary/aromatic N) is 2. The third-order valence-electron chi connectivity index (χ3n) is 2.00. The molecule has 0 spiro atoms. The smallest absolute Gasteiger partial charge is 0.178 e. The van der Waals surface area contributed by atoms with E-state index >= 15 is 0 Å². The van der Waals surface area contributed by atoms with Gasteiger partial charge in [-0.1, -0.05) is 5.92 Å². The fourth-order valence-electron chi connectivity index (χ4n) is 0.951. The van der Waals surface area contributed by atoms with Crippen molar-refractivity contribution in [3.8, 4) is 12.3 Å². The van der Waals surface area contributed by atoms with E-state index in [9.17, 15) is 0 Å². The lowest BCUT2D eigenvalue weighted by Gasteiger charge is -2.20. The van der Waals surface area contributed by atoms with Gasteiger partial charge >= 0.3 is 0 Å². The van der Waals surface area contributed by atoms with Gasteiger partial charge in [-0.15, -0.1) is 6.42 Å². The van der Waals surface area contributed by atoms with Gasteiger partial charge in [-0.05, 0) is 26.2 Å². The molecular weight excluding hydrogens is 182 g/mol. The number of nitrogens with one attached hydrogen (secondary N) is 1. The average molecular weight is 195 g/mol. The molecule has 3 nitrogen and oxygen atoms in total. The van der Waals surface area contributed by atoms with Gasteiger partial charge in [0.15, 0.2) is 4.77 Å². The summed E-state index contributed by atoms with van der Waals surface area (Å²) in [4.78, 5) is 4.98. The van der Waals surface area contributed by atoms with Gasteiger partial charge in [0.25, 0.3) is 0 Å². The van der Waals surface area contributed by atoms with Crippen LogP contribution in [-0.2, 0) is 6.67 Å². The Bertz CT molecular complexity index is 357. The molecule has 0 aliphatic rings. The van der Waals surface area contributed by atoms with E-state index in [0.29, 0.717) is 6.67 Å². The van der Waals surface area contributed by atoms with Crippen molar-refractivity contribution in [1.29, 1.82) is 0 Å². The molecule has 4 heteroatoms. The van der Waals surface area contributed by atoms with Crippen LogP contribution >= 0.6 is 12.2 Å². The molecule has 0 saturated carbocycles. The third-order valence-corrected chi connectivity index (χ3v) is 2.35. The van der Waals surface area contributed by atoms with Crippen LogP contribution in [0.25, 0.3) is 0 Å². The first-order valence-corrected chi connectivity index (χ1v) is 4.46. The van der Waals surface area contributed by atoms with Crippen LogP contribution in [0.4, 0.5) is 0 Å². The number of hydrogen-bond donors (Lipinski definition) is 1. The Kier molecular flexibility index (Phi) is 3.29. The zero-order valence-corrected chi connectivity index (χ0v) is 8.64. The molecule has 13 heavy (non-hydrogen) atoms. The second-order valence-electron chi connectivity index (χ2n) is 2.98. The van der Waals surface area contributed by atoms with Gasteiger partial charge in [0.2, 0.25) is 0 Å². The molecule has 0 amide bonds. The molecule has 1 atom stereocenters. The normalized spacial score (nSPS) is 12.8. The standard InChI is InChI=1S/C9H13N3S/c1-4-8(2)11(3)7-12-6-5-10-9(12)13/h1,5-6,8H,7H2,2-3H3,(H,10,13). The van der Waals surface area contributed by atoms with Crippen LogP contribution in [0.3, 0.4) is 0 Å². The molecule has 0 bridgehead atoms.